The molecule has 0 N–H and O–H groups in total. The van der Waals surface area contributed by atoms with Gasteiger partial charge in [0.05, 0.1) is 11.6 Å². The Bertz CT molecular complexity index is 1260. The lowest BCUT2D eigenvalue weighted by atomic mass is 9.86. The van der Waals surface area contributed by atoms with Gasteiger partial charge in [0.15, 0.2) is 5.76 Å². The minimum atomic E-state index is -0.0294. The molecule has 2 heteroatoms. The maximum atomic E-state index is 6.42. The molecule has 5 rings (SSSR count). The van der Waals surface area contributed by atoms with Crippen molar-refractivity contribution < 1.29 is 4.42 Å². The number of oxazole rings is 1. The summed E-state index contributed by atoms with van der Waals surface area (Å²) in [5.74, 6) is 1.43. The lowest BCUT2D eigenvalue weighted by Gasteiger charge is -2.17. The average molecular weight is 402 g/mol. The Kier molecular flexibility index (Phi) is 5.20. The van der Waals surface area contributed by atoms with Gasteiger partial charge in [-0.05, 0) is 30.2 Å². The summed E-state index contributed by atoms with van der Waals surface area (Å²) in [6.07, 6.45) is 0. The van der Waals surface area contributed by atoms with Gasteiger partial charge in [-0.1, -0.05) is 109 Å². The highest BCUT2D eigenvalue weighted by Gasteiger charge is 2.26. The standard InChI is InChI=1S/C29H23NO/c1-21-17-19-23(20-18-21)26(22-11-5-2-6-12-22)27-28(24-13-7-3-8-14-24)31-29(30-27)25-15-9-4-10-16-25/h2-20,26H,1H3. The van der Waals surface area contributed by atoms with Crippen molar-refractivity contribution in [3.8, 4) is 22.8 Å². The second-order valence-electron chi connectivity index (χ2n) is 7.72. The maximum Gasteiger partial charge on any atom is 0.227 e. The largest absolute Gasteiger partial charge is 0.436 e. The molecule has 0 fully saturated rings. The molecule has 2 nitrogen and oxygen atoms in total. The summed E-state index contributed by atoms with van der Waals surface area (Å²) in [6.45, 7) is 2.11. The third-order valence-electron chi connectivity index (χ3n) is 5.53. The van der Waals surface area contributed by atoms with Gasteiger partial charge in [0.25, 0.3) is 0 Å². The van der Waals surface area contributed by atoms with Crippen LogP contribution in [0, 0.1) is 6.92 Å². The highest BCUT2D eigenvalue weighted by Crippen LogP contribution is 2.40. The molecule has 0 saturated carbocycles. The fourth-order valence-electron chi connectivity index (χ4n) is 3.94. The molecule has 1 unspecified atom stereocenters. The van der Waals surface area contributed by atoms with Gasteiger partial charge in [0.2, 0.25) is 5.89 Å². The highest BCUT2D eigenvalue weighted by molar-refractivity contribution is 5.67. The van der Waals surface area contributed by atoms with Crippen LogP contribution in [0.5, 0.6) is 0 Å². The number of hydrogen-bond acceptors (Lipinski definition) is 2. The number of hydrogen-bond donors (Lipinski definition) is 0. The second kappa shape index (κ2) is 8.45. The summed E-state index contributed by atoms with van der Waals surface area (Å²) >= 11 is 0. The molecule has 1 atom stereocenters. The van der Waals surface area contributed by atoms with E-state index in [0.717, 1.165) is 22.6 Å². The minimum Gasteiger partial charge on any atom is -0.436 e. The number of aryl methyl sites for hydroxylation is 1. The molecule has 4 aromatic carbocycles. The monoisotopic (exact) mass is 401 g/mol. The Hall–Kier alpha value is -3.91. The van der Waals surface area contributed by atoms with E-state index in [1.54, 1.807) is 0 Å². The molecule has 0 radical (unpaired) electrons. The molecule has 1 heterocycles. The highest BCUT2D eigenvalue weighted by atomic mass is 16.4. The maximum absolute atomic E-state index is 6.42. The predicted molar refractivity (Wildman–Crippen MR) is 126 cm³/mol. The second-order valence-corrected chi connectivity index (χ2v) is 7.72. The number of aromatic nitrogens is 1. The Balaban J connectivity index is 1.75. The fourth-order valence-corrected chi connectivity index (χ4v) is 3.94. The van der Waals surface area contributed by atoms with Gasteiger partial charge in [-0.3, -0.25) is 0 Å². The van der Waals surface area contributed by atoms with Crippen LogP contribution in [-0.4, -0.2) is 4.98 Å². The molecule has 0 spiro atoms. The average Bonchev–Trinajstić information content (AvgIpc) is 3.27. The molecule has 0 aliphatic heterocycles. The van der Waals surface area contributed by atoms with E-state index < -0.39 is 0 Å². The van der Waals surface area contributed by atoms with E-state index in [4.69, 9.17) is 9.40 Å². The summed E-state index contributed by atoms with van der Waals surface area (Å²) in [6, 6.07) is 39.6. The molecule has 0 amide bonds. The lowest BCUT2D eigenvalue weighted by Crippen LogP contribution is -2.05. The van der Waals surface area contributed by atoms with Crippen LogP contribution in [-0.2, 0) is 0 Å². The van der Waals surface area contributed by atoms with Gasteiger partial charge in [-0.15, -0.1) is 0 Å². The molecule has 150 valence electrons. The molecule has 5 aromatic rings. The van der Waals surface area contributed by atoms with E-state index in [0.29, 0.717) is 5.89 Å². The van der Waals surface area contributed by atoms with Crippen molar-refractivity contribution in [2.24, 2.45) is 0 Å². The van der Waals surface area contributed by atoms with Crippen LogP contribution in [0.3, 0.4) is 0 Å². The van der Waals surface area contributed by atoms with E-state index in [-0.39, 0.29) is 5.92 Å². The van der Waals surface area contributed by atoms with Crippen molar-refractivity contribution in [2.45, 2.75) is 12.8 Å². The van der Waals surface area contributed by atoms with Crippen molar-refractivity contribution in [3.05, 3.63) is 138 Å². The first kappa shape index (κ1) is 19.1. The van der Waals surface area contributed by atoms with E-state index in [2.05, 4.69) is 67.6 Å². The zero-order valence-electron chi connectivity index (χ0n) is 17.4. The van der Waals surface area contributed by atoms with Crippen LogP contribution < -0.4 is 0 Å². The first-order valence-corrected chi connectivity index (χ1v) is 10.5. The third kappa shape index (κ3) is 3.93. The van der Waals surface area contributed by atoms with Crippen LogP contribution in [0.4, 0.5) is 0 Å². The Morgan fingerprint density at radius 2 is 1.10 bits per heavy atom. The molecule has 31 heavy (non-hydrogen) atoms. The van der Waals surface area contributed by atoms with Gasteiger partial charge in [0, 0.05) is 11.1 Å². The van der Waals surface area contributed by atoms with Crippen molar-refractivity contribution in [2.75, 3.05) is 0 Å². The smallest absolute Gasteiger partial charge is 0.227 e. The van der Waals surface area contributed by atoms with Crippen molar-refractivity contribution in [1.29, 1.82) is 0 Å². The van der Waals surface area contributed by atoms with Crippen LogP contribution in [0.1, 0.15) is 28.3 Å². The van der Waals surface area contributed by atoms with Gasteiger partial charge in [-0.25, -0.2) is 4.98 Å². The van der Waals surface area contributed by atoms with E-state index in [1.165, 1.54) is 16.7 Å². The van der Waals surface area contributed by atoms with Crippen molar-refractivity contribution in [3.63, 3.8) is 0 Å². The first-order valence-electron chi connectivity index (χ1n) is 10.5. The quantitative estimate of drug-likeness (QED) is 0.305. The molecule has 0 bridgehead atoms. The minimum absolute atomic E-state index is 0.0294. The summed E-state index contributed by atoms with van der Waals surface area (Å²) in [5, 5.41) is 0. The molecule has 0 aliphatic carbocycles. The van der Waals surface area contributed by atoms with Gasteiger partial charge >= 0.3 is 0 Å². The van der Waals surface area contributed by atoms with Crippen LogP contribution in [0.25, 0.3) is 22.8 Å². The topological polar surface area (TPSA) is 26.0 Å². The Morgan fingerprint density at radius 1 is 0.581 bits per heavy atom. The fraction of sp³-hybridized carbons (Fsp3) is 0.0690. The summed E-state index contributed by atoms with van der Waals surface area (Å²) < 4.78 is 6.42. The SMILES string of the molecule is Cc1ccc(C(c2ccccc2)c2nc(-c3ccccc3)oc2-c2ccccc2)cc1. The molecular weight excluding hydrogens is 378 g/mol. The van der Waals surface area contributed by atoms with Crippen molar-refractivity contribution in [1.82, 2.24) is 4.98 Å². The van der Waals surface area contributed by atoms with Crippen LogP contribution in [0.15, 0.2) is 120 Å². The van der Waals surface area contributed by atoms with Gasteiger partial charge in [-0.2, -0.15) is 0 Å². The summed E-state index contributed by atoms with van der Waals surface area (Å²) in [4.78, 5) is 5.07. The predicted octanol–water partition coefficient (Wildman–Crippen LogP) is 7.50. The molecule has 1 aromatic heterocycles. The Morgan fingerprint density at radius 3 is 1.71 bits per heavy atom. The summed E-state index contributed by atoms with van der Waals surface area (Å²) in [7, 11) is 0. The number of nitrogens with zero attached hydrogens (tertiary/aromatic N) is 1. The number of rotatable bonds is 5. The Labute approximate surface area is 182 Å². The molecule has 0 aliphatic rings. The van der Waals surface area contributed by atoms with Crippen molar-refractivity contribution >= 4 is 0 Å². The van der Waals surface area contributed by atoms with Crippen LogP contribution >= 0.6 is 0 Å². The van der Waals surface area contributed by atoms with E-state index in [1.807, 2.05) is 54.6 Å². The zero-order valence-corrected chi connectivity index (χ0v) is 17.4. The van der Waals surface area contributed by atoms with Gasteiger partial charge in [0.1, 0.15) is 0 Å². The van der Waals surface area contributed by atoms with E-state index in [9.17, 15) is 0 Å². The number of benzene rings is 4. The zero-order chi connectivity index (χ0) is 21.0. The third-order valence-corrected chi connectivity index (χ3v) is 5.53. The van der Waals surface area contributed by atoms with Gasteiger partial charge < -0.3 is 4.42 Å². The first-order chi connectivity index (χ1) is 15.3. The lowest BCUT2D eigenvalue weighted by molar-refractivity contribution is 0.587. The molecular formula is C29H23NO. The summed E-state index contributed by atoms with van der Waals surface area (Å²) in [5.41, 5.74) is 6.56. The van der Waals surface area contributed by atoms with E-state index >= 15 is 0 Å². The normalized spacial score (nSPS) is 11.9. The molecule has 0 saturated heterocycles. The van der Waals surface area contributed by atoms with Crippen LogP contribution in [0.2, 0.25) is 0 Å².